The van der Waals surface area contributed by atoms with Crippen molar-refractivity contribution >= 4 is 5.91 Å². The zero-order valence-corrected chi connectivity index (χ0v) is 40.5. The van der Waals surface area contributed by atoms with Crippen LogP contribution < -0.4 is 5.32 Å². The van der Waals surface area contributed by atoms with Crippen LogP contribution in [0.2, 0.25) is 0 Å². The van der Waals surface area contributed by atoms with Crippen molar-refractivity contribution in [3.63, 3.8) is 0 Å². The van der Waals surface area contributed by atoms with E-state index < -0.39 is 12.1 Å². The van der Waals surface area contributed by atoms with Crippen LogP contribution >= 0.6 is 0 Å². The molecule has 0 aliphatic carbocycles. The summed E-state index contributed by atoms with van der Waals surface area (Å²) in [5.74, 6) is -0.0748. The molecule has 0 saturated carbocycles. The van der Waals surface area contributed by atoms with E-state index in [1.165, 1.54) is 212 Å². The largest absolute Gasteiger partial charge is 0.394 e. The standard InChI is InChI=1S/C56H105NO3/c1-3-5-7-9-11-13-15-17-19-21-23-24-25-26-27-28-29-30-31-32-34-35-37-39-41-43-45-47-49-51-55(59)54(53-58)57-56(60)52-50-48-46-44-42-40-38-36-33-22-20-18-16-14-12-10-8-6-4-2/h12,14,18,20,33,36,49,51,54-55,58-59H,3-11,13,15-17,19,21-32,34-35,37-48,50,52-53H2,1-2H3,(H,57,60)/b14-12-,20-18-,36-33-,51-49+. The van der Waals surface area contributed by atoms with Gasteiger partial charge in [0.1, 0.15) is 0 Å². The number of unbranched alkanes of at least 4 members (excludes halogenated alkanes) is 36. The average molecular weight is 840 g/mol. The summed E-state index contributed by atoms with van der Waals surface area (Å²) < 4.78 is 0. The van der Waals surface area contributed by atoms with Crippen LogP contribution in [0.5, 0.6) is 0 Å². The lowest BCUT2D eigenvalue weighted by molar-refractivity contribution is -0.123. The number of carbonyl (C=O) groups excluding carboxylic acids is 1. The number of hydrogen-bond donors (Lipinski definition) is 3. The summed E-state index contributed by atoms with van der Waals surface area (Å²) in [4.78, 5) is 12.4. The zero-order chi connectivity index (χ0) is 43.5. The smallest absolute Gasteiger partial charge is 0.220 e. The number of amides is 1. The minimum Gasteiger partial charge on any atom is -0.394 e. The van der Waals surface area contributed by atoms with E-state index in [-0.39, 0.29) is 12.5 Å². The van der Waals surface area contributed by atoms with E-state index in [1.807, 2.05) is 6.08 Å². The first-order valence-corrected chi connectivity index (χ1v) is 26.9. The minimum atomic E-state index is -0.847. The molecule has 60 heavy (non-hydrogen) atoms. The molecular weight excluding hydrogens is 735 g/mol. The molecule has 352 valence electrons. The highest BCUT2D eigenvalue weighted by atomic mass is 16.3. The maximum atomic E-state index is 12.4. The number of rotatable bonds is 49. The second-order valence-electron chi connectivity index (χ2n) is 18.3. The van der Waals surface area contributed by atoms with E-state index in [0.29, 0.717) is 6.42 Å². The molecule has 0 spiro atoms. The Morgan fingerprint density at radius 3 is 1.05 bits per heavy atom. The lowest BCUT2D eigenvalue weighted by atomic mass is 10.0. The van der Waals surface area contributed by atoms with Crippen molar-refractivity contribution in [1.29, 1.82) is 0 Å². The van der Waals surface area contributed by atoms with Gasteiger partial charge < -0.3 is 15.5 Å². The normalized spacial score (nSPS) is 13.2. The molecule has 0 aromatic rings. The van der Waals surface area contributed by atoms with Gasteiger partial charge in [-0.2, -0.15) is 0 Å². The van der Waals surface area contributed by atoms with Crippen LogP contribution in [0.25, 0.3) is 0 Å². The zero-order valence-electron chi connectivity index (χ0n) is 40.5. The Kier molecular flexibility index (Phi) is 50.3. The number of nitrogens with one attached hydrogen (secondary N) is 1. The lowest BCUT2D eigenvalue weighted by Gasteiger charge is -2.20. The molecular formula is C56H105NO3. The predicted octanol–water partition coefficient (Wildman–Crippen LogP) is 17.5. The highest BCUT2D eigenvalue weighted by molar-refractivity contribution is 5.76. The van der Waals surface area contributed by atoms with Gasteiger partial charge in [-0.3, -0.25) is 4.79 Å². The van der Waals surface area contributed by atoms with Gasteiger partial charge in [0, 0.05) is 6.42 Å². The molecule has 0 rings (SSSR count). The van der Waals surface area contributed by atoms with Crippen molar-refractivity contribution in [2.75, 3.05) is 6.61 Å². The van der Waals surface area contributed by atoms with E-state index >= 15 is 0 Å². The number of aliphatic hydroxyl groups excluding tert-OH is 2. The molecule has 2 unspecified atom stereocenters. The molecule has 0 bridgehead atoms. The van der Waals surface area contributed by atoms with Gasteiger partial charge in [0.05, 0.1) is 18.8 Å². The third-order valence-electron chi connectivity index (χ3n) is 12.3. The first-order chi connectivity index (χ1) is 29.7. The summed E-state index contributed by atoms with van der Waals surface area (Å²) in [6.45, 7) is 4.30. The van der Waals surface area contributed by atoms with Gasteiger partial charge in [-0.15, -0.1) is 0 Å². The van der Waals surface area contributed by atoms with Crippen molar-refractivity contribution in [2.45, 2.75) is 296 Å². The molecule has 4 nitrogen and oxygen atoms in total. The number of hydrogen-bond acceptors (Lipinski definition) is 3. The Balaban J connectivity index is 3.51. The van der Waals surface area contributed by atoms with E-state index in [0.717, 1.165) is 51.4 Å². The predicted molar refractivity (Wildman–Crippen MR) is 267 cm³/mol. The van der Waals surface area contributed by atoms with Gasteiger partial charge >= 0.3 is 0 Å². The van der Waals surface area contributed by atoms with Crippen LogP contribution in [0, 0.1) is 0 Å². The minimum absolute atomic E-state index is 0.0748. The lowest BCUT2D eigenvalue weighted by Crippen LogP contribution is -2.45. The first kappa shape index (κ1) is 58.4. The van der Waals surface area contributed by atoms with Crippen molar-refractivity contribution in [3.05, 3.63) is 48.6 Å². The van der Waals surface area contributed by atoms with Gasteiger partial charge in [-0.1, -0.05) is 268 Å². The number of allylic oxidation sites excluding steroid dienone is 7. The van der Waals surface area contributed by atoms with E-state index in [2.05, 4.69) is 55.6 Å². The summed E-state index contributed by atoms with van der Waals surface area (Å²) >= 11 is 0. The Hall–Kier alpha value is -1.65. The van der Waals surface area contributed by atoms with Gasteiger partial charge in [0.15, 0.2) is 0 Å². The number of aliphatic hydroxyl groups is 2. The summed E-state index contributed by atoms with van der Waals surface area (Å²) in [6.07, 6.45) is 71.2. The second-order valence-corrected chi connectivity index (χ2v) is 18.3. The fourth-order valence-corrected chi connectivity index (χ4v) is 8.19. The second kappa shape index (κ2) is 51.7. The first-order valence-electron chi connectivity index (χ1n) is 26.9. The van der Waals surface area contributed by atoms with Crippen LogP contribution in [0.15, 0.2) is 48.6 Å². The quantitative estimate of drug-likeness (QED) is 0.0422. The van der Waals surface area contributed by atoms with Gasteiger partial charge in [-0.05, 0) is 57.8 Å². The van der Waals surface area contributed by atoms with E-state index in [1.54, 1.807) is 6.08 Å². The monoisotopic (exact) mass is 840 g/mol. The molecule has 0 fully saturated rings. The Labute approximate surface area is 375 Å². The van der Waals surface area contributed by atoms with Crippen LogP contribution in [-0.4, -0.2) is 34.9 Å². The van der Waals surface area contributed by atoms with Gasteiger partial charge in [0.25, 0.3) is 0 Å². The molecule has 0 aromatic heterocycles. The maximum Gasteiger partial charge on any atom is 0.220 e. The fourth-order valence-electron chi connectivity index (χ4n) is 8.19. The van der Waals surface area contributed by atoms with Gasteiger partial charge in [-0.25, -0.2) is 0 Å². The van der Waals surface area contributed by atoms with Crippen LogP contribution in [0.3, 0.4) is 0 Å². The molecule has 0 aliphatic heterocycles. The highest BCUT2D eigenvalue weighted by Crippen LogP contribution is 2.17. The Morgan fingerprint density at radius 2 is 0.683 bits per heavy atom. The summed E-state index contributed by atoms with van der Waals surface area (Å²) in [6, 6.07) is -0.631. The molecule has 0 radical (unpaired) electrons. The molecule has 2 atom stereocenters. The number of carbonyl (C=O) groups is 1. The van der Waals surface area contributed by atoms with Gasteiger partial charge in [0.2, 0.25) is 5.91 Å². The fraction of sp³-hybridized carbons (Fsp3) is 0.839. The van der Waals surface area contributed by atoms with E-state index in [4.69, 9.17) is 0 Å². The molecule has 0 saturated heterocycles. The highest BCUT2D eigenvalue weighted by Gasteiger charge is 2.18. The van der Waals surface area contributed by atoms with Crippen molar-refractivity contribution in [1.82, 2.24) is 5.32 Å². The van der Waals surface area contributed by atoms with Crippen molar-refractivity contribution < 1.29 is 15.0 Å². The topological polar surface area (TPSA) is 69.6 Å². The van der Waals surface area contributed by atoms with E-state index in [9.17, 15) is 15.0 Å². The van der Waals surface area contributed by atoms with Crippen molar-refractivity contribution in [3.8, 4) is 0 Å². The summed E-state index contributed by atoms with van der Waals surface area (Å²) in [5, 5.41) is 23.1. The summed E-state index contributed by atoms with van der Waals surface area (Å²) in [5.41, 5.74) is 0. The molecule has 0 aliphatic rings. The molecule has 3 N–H and O–H groups in total. The SMILES string of the molecule is CCCCC/C=C\C/C=C\C/C=C\CCCCCCCCC(=O)NC(CO)C(O)/C=C/CCCCCCCCCCCCCCCCCCCCCCCCCCCCC. The Bertz CT molecular complexity index is 954. The van der Waals surface area contributed by atoms with Crippen LogP contribution in [0.1, 0.15) is 284 Å². The molecule has 1 amide bonds. The van der Waals surface area contributed by atoms with Crippen LogP contribution in [-0.2, 0) is 4.79 Å². The molecule has 0 aromatic carbocycles. The third kappa shape index (κ3) is 47.4. The average Bonchev–Trinajstić information content (AvgIpc) is 3.25. The Morgan fingerprint density at radius 1 is 0.400 bits per heavy atom. The molecule has 0 heterocycles. The maximum absolute atomic E-state index is 12.4. The van der Waals surface area contributed by atoms with Crippen molar-refractivity contribution in [2.24, 2.45) is 0 Å². The summed E-state index contributed by atoms with van der Waals surface area (Å²) in [7, 11) is 0. The van der Waals surface area contributed by atoms with Crippen LogP contribution in [0.4, 0.5) is 0 Å². The molecule has 4 heteroatoms. The third-order valence-corrected chi connectivity index (χ3v) is 12.3.